The van der Waals surface area contributed by atoms with E-state index >= 15 is 0 Å². The summed E-state index contributed by atoms with van der Waals surface area (Å²) < 4.78 is 0. The zero-order valence-corrected chi connectivity index (χ0v) is 14.9. The van der Waals surface area contributed by atoms with Gasteiger partial charge in [0.15, 0.2) is 0 Å². The smallest absolute Gasteiger partial charge is 0.206 e. The fourth-order valence-electron chi connectivity index (χ4n) is 3.60. The molecule has 1 aliphatic rings. The van der Waals surface area contributed by atoms with Crippen molar-refractivity contribution < 1.29 is 0 Å². The Morgan fingerprint density at radius 1 is 0.885 bits per heavy atom. The maximum absolute atomic E-state index is 4.96. The molecule has 5 rings (SSSR count). The summed E-state index contributed by atoms with van der Waals surface area (Å²) in [4.78, 5) is 4.52. The molecule has 0 saturated heterocycles. The van der Waals surface area contributed by atoms with Crippen molar-refractivity contribution in [2.75, 3.05) is 5.01 Å². The molecule has 1 aromatic heterocycles. The highest BCUT2D eigenvalue weighted by atomic mass is 32.1. The lowest BCUT2D eigenvalue weighted by molar-refractivity contribution is 0.711. The van der Waals surface area contributed by atoms with Crippen molar-refractivity contribution in [3.8, 4) is 0 Å². The molecule has 2 heterocycles. The minimum atomic E-state index is 0.155. The lowest BCUT2D eigenvalue weighted by atomic mass is 9.94. The van der Waals surface area contributed by atoms with Gasteiger partial charge in [-0.25, -0.2) is 9.99 Å². The maximum Gasteiger partial charge on any atom is 0.206 e. The van der Waals surface area contributed by atoms with E-state index in [-0.39, 0.29) is 6.04 Å². The first kappa shape index (κ1) is 15.3. The number of nitrogens with zero attached hydrogens (tertiary/aromatic N) is 3. The van der Waals surface area contributed by atoms with Crippen LogP contribution in [-0.4, -0.2) is 10.7 Å². The first-order valence-corrected chi connectivity index (χ1v) is 9.57. The molecule has 0 fully saturated rings. The van der Waals surface area contributed by atoms with E-state index in [1.54, 1.807) is 11.3 Å². The Morgan fingerprint density at radius 3 is 2.54 bits per heavy atom. The van der Waals surface area contributed by atoms with Crippen molar-refractivity contribution in [3.63, 3.8) is 0 Å². The molecule has 0 aliphatic carbocycles. The van der Waals surface area contributed by atoms with Gasteiger partial charge < -0.3 is 0 Å². The average molecular weight is 355 g/mol. The van der Waals surface area contributed by atoms with Crippen molar-refractivity contribution in [1.82, 2.24) is 4.98 Å². The second kappa shape index (κ2) is 6.39. The van der Waals surface area contributed by atoms with Crippen LogP contribution in [0.15, 0.2) is 89.5 Å². The maximum atomic E-state index is 4.96. The van der Waals surface area contributed by atoms with E-state index in [1.807, 2.05) is 17.6 Å². The quantitative estimate of drug-likeness (QED) is 0.475. The van der Waals surface area contributed by atoms with Crippen LogP contribution in [0.3, 0.4) is 0 Å². The van der Waals surface area contributed by atoms with Crippen molar-refractivity contribution in [3.05, 3.63) is 95.5 Å². The molecular formula is C22H17N3S. The molecule has 4 aromatic rings. The Hall–Kier alpha value is -2.98. The number of anilines is 1. The van der Waals surface area contributed by atoms with Gasteiger partial charge in [0.05, 0.1) is 11.8 Å². The molecule has 3 nitrogen and oxygen atoms in total. The lowest BCUT2D eigenvalue weighted by Gasteiger charge is -2.22. The number of hydrogen-bond acceptors (Lipinski definition) is 4. The zero-order chi connectivity index (χ0) is 17.3. The molecule has 0 N–H and O–H groups in total. The van der Waals surface area contributed by atoms with Crippen LogP contribution in [-0.2, 0) is 0 Å². The van der Waals surface area contributed by atoms with Gasteiger partial charge in [-0.1, -0.05) is 72.8 Å². The molecule has 0 spiro atoms. The predicted molar refractivity (Wildman–Crippen MR) is 109 cm³/mol. The molecule has 3 aromatic carbocycles. The van der Waals surface area contributed by atoms with Crippen molar-refractivity contribution in [2.24, 2.45) is 5.10 Å². The molecule has 0 bridgehead atoms. The number of hydrazone groups is 1. The van der Waals surface area contributed by atoms with Gasteiger partial charge in [-0.15, -0.1) is 11.3 Å². The molecule has 1 atom stereocenters. The summed E-state index contributed by atoms with van der Waals surface area (Å²) in [6, 6.07) is 25.7. The highest BCUT2D eigenvalue weighted by Gasteiger charge is 2.32. The van der Waals surface area contributed by atoms with Crippen LogP contribution in [0.5, 0.6) is 0 Å². The third-order valence-corrected chi connectivity index (χ3v) is 5.58. The fraction of sp³-hybridized carbons (Fsp3) is 0.0909. The number of thiazole rings is 1. The van der Waals surface area contributed by atoms with Crippen molar-refractivity contribution in [2.45, 2.75) is 12.5 Å². The van der Waals surface area contributed by atoms with E-state index < -0.39 is 0 Å². The summed E-state index contributed by atoms with van der Waals surface area (Å²) in [5.74, 6) is 0. The standard InChI is InChI=1S/C22H17N3S/c1-2-8-17(9-3-1)20-15-21(25(24-20)22-23-13-14-26-22)19-12-6-10-16-7-4-5-11-18(16)19/h1-14,21H,15H2. The first-order valence-electron chi connectivity index (χ1n) is 8.69. The molecule has 1 aliphatic heterocycles. The minimum absolute atomic E-state index is 0.155. The molecular weight excluding hydrogens is 338 g/mol. The van der Waals surface area contributed by atoms with Crippen molar-refractivity contribution >= 4 is 33.0 Å². The molecule has 0 amide bonds. The monoisotopic (exact) mass is 355 g/mol. The number of fused-ring (bicyclic) bond motifs is 1. The van der Waals surface area contributed by atoms with Gasteiger partial charge in [-0.05, 0) is 21.9 Å². The minimum Gasteiger partial charge on any atom is -0.231 e. The molecule has 1 unspecified atom stereocenters. The summed E-state index contributed by atoms with van der Waals surface area (Å²) in [5.41, 5.74) is 3.59. The largest absolute Gasteiger partial charge is 0.231 e. The third-order valence-electron chi connectivity index (χ3n) is 4.82. The van der Waals surface area contributed by atoms with Gasteiger partial charge in [0.2, 0.25) is 5.13 Å². The van der Waals surface area contributed by atoms with Gasteiger partial charge in [-0.2, -0.15) is 5.10 Å². The SMILES string of the molecule is c1ccc(C2=NN(c3nccs3)C(c3cccc4ccccc34)C2)cc1. The molecule has 126 valence electrons. The van der Waals surface area contributed by atoms with Gasteiger partial charge in [0.25, 0.3) is 0 Å². The van der Waals surface area contributed by atoms with Gasteiger partial charge in [0.1, 0.15) is 0 Å². The Bertz CT molecular complexity index is 1070. The van der Waals surface area contributed by atoms with Crippen LogP contribution in [0, 0.1) is 0 Å². The Kier molecular flexibility index (Phi) is 3.76. The lowest BCUT2D eigenvalue weighted by Crippen LogP contribution is -2.18. The Labute approximate surface area is 156 Å². The Morgan fingerprint density at radius 2 is 1.69 bits per heavy atom. The second-order valence-electron chi connectivity index (χ2n) is 6.36. The third kappa shape index (κ3) is 2.59. The summed E-state index contributed by atoms with van der Waals surface area (Å²) in [6.07, 6.45) is 2.72. The molecule has 0 saturated carbocycles. The van der Waals surface area contributed by atoms with Gasteiger partial charge >= 0.3 is 0 Å². The van der Waals surface area contributed by atoms with Crippen molar-refractivity contribution in [1.29, 1.82) is 0 Å². The molecule has 26 heavy (non-hydrogen) atoms. The number of hydrogen-bond donors (Lipinski definition) is 0. The number of aromatic nitrogens is 1. The average Bonchev–Trinajstić information content (AvgIpc) is 3.38. The summed E-state index contributed by atoms with van der Waals surface area (Å²) >= 11 is 1.63. The highest BCUT2D eigenvalue weighted by Crippen LogP contribution is 2.39. The van der Waals surface area contributed by atoms with Crippen LogP contribution in [0.4, 0.5) is 5.13 Å². The summed E-state index contributed by atoms with van der Waals surface area (Å²) in [7, 11) is 0. The topological polar surface area (TPSA) is 28.5 Å². The van der Waals surface area contributed by atoms with E-state index in [0.29, 0.717) is 0 Å². The van der Waals surface area contributed by atoms with Crippen LogP contribution < -0.4 is 5.01 Å². The number of rotatable bonds is 3. The van der Waals surface area contributed by atoms with E-state index in [2.05, 4.69) is 76.7 Å². The molecule has 4 heteroatoms. The van der Waals surface area contributed by atoms with E-state index in [0.717, 1.165) is 17.3 Å². The summed E-state index contributed by atoms with van der Waals surface area (Å²) in [6.45, 7) is 0. The fourth-order valence-corrected chi connectivity index (χ4v) is 4.25. The predicted octanol–water partition coefficient (Wildman–Crippen LogP) is 5.65. The molecule has 0 radical (unpaired) electrons. The van der Waals surface area contributed by atoms with E-state index in [9.17, 15) is 0 Å². The van der Waals surface area contributed by atoms with E-state index in [1.165, 1.54) is 21.9 Å². The number of benzene rings is 3. The second-order valence-corrected chi connectivity index (χ2v) is 7.23. The van der Waals surface area contributed by atoms with Crippen LogP contribution in [0.1, 0.15) is 23.6 Å². The van der Waals surface area contributed by atoms with Gasteiger partial charge in [0, 0.05) is 18.0 Å². The van der Waals surface area contributed by atoms with Crippen LogP contribution >= 0.6 is 11.3 Å². The van der Waals surface area contributed by atoms with E-state index in [4.69, 9.17) is 5.10 Å². The highest BCUT2D eigenvalue weighted by molar-refractivity contribution is 7.13. The summed E-state index contributed by atoms with van der Waals surface area (Å²) in [5, 5.41) is 12.5. The van der Waals surface area contributed by atoms with Crippen LogP contribution in [0.25, 0.3) is 10.8 Å². The normalized spacial score (nSPS) is 16.8. The Balaban J connectivity index is 1.63. The zero-order valence-electron chi connectivity index (χ0n) is 14.1. The first-order chi connectivity index (χ1) is 12.9. The van der Waals surface area contributed by atoms with Crippen LogP contribution in [0.2, 0.25) is 0 Å². The van der Waals surface area contributed by atoms with Gasteiger partial charge in [-0.3, -0.25) is 0 Å².